The smallest absolute Gasteiger partial charge is 0.233 e. The lowest BCUT2D eigenvalue weighted by Gasteiger charge is -2.25. The number of amides is 1. The second-order valence-electron chi connectivity index (χ2n) is 4.38. The third-order valence-electron chi connectivity index (χ3n) is 3.09. The van der Waals surface area contributed by atoms with Crippen molar-refractivity contribution in [2.75, 3.05) is 0 Å². The van der Waals surface area contributed by atoms with Crippen molar-refractivity contribution in [3.05, 3.63) is 18.0 Å². The molecule has 0 fully saturated rings. The fourth-order valence-corrected chi connectivity index (χ4v) is 1.51. The van der Waals surface area contributed by atoms with Crippen molar-refractivity contribution >= 4 is 11.7 Å². The molecule has 0 saturated carbocycles. The van der Waals surface area contributed by atoms with E-state index in [2.05, 4.69) is 15.6 Å². The van der Waals surface area contributed by atoms with E-state index in [1.807, 2.05) is 13.1 Å². The van der Waals surface area contributed by atoms with Crippen LogP contribution in [-0.2, 0) is 18.4 Å². The zero-order valence-corrected chi connectivity index (χ0v) is 10.8. The molecule has 0 aromatic carbocycles. The van der Waals surface area contributed by atoms with Gasteiger partial charge in [-0.05, 0) is 13.3 Å². The van der Waals surface area contributed by atoms with E-state index in [4.69, 9.17) is 10.9 Å². The summed E-state index contributed by atoms with van der Waals surface area (Å²) in [6, 6.07) is 0. The van der Waals surface area contributed by atoms with E-state index in [-0.39, 0.29) is 11.7 Å². The average Bonchev–Trinajstić information content (AvgIpc) is 2.79. The minimum atomic E-state index is -1.00. The number of nitrogens with one attached hydrogen (secondary N) is 1. The van der Waals surface area contributed by atoms with Gasteiger partial charge in [-0.1, -0.05) is 12.1 Å². The lowest BCUT2D eigenvalue weighted by molar-refractivity contribution is -0.127. The molecule has 0 aliphatic heterocycles. The minimum absolute atomic E-state index is 0.0892. The maximum Gasteiger partial charge on any atom is 0.233 e. The third-order valence-corrected chi connectivity index (χ3v) is 3.09. The van der Waals surface area contributed by atoms with Crippen LogP contribution in [0.4, 0.5) is 0 Å². The lowest BCUT2D eigenvalue weighted by atomic mass is 9.85. The first kappa shape index (κ1) is 14.0. The number of aryl methyl sites for hydroxylation is 1. The molecule has 0 aliphatic rings. The molecule has 1 aromatic heterocycles. The molecule has 7 heteroatoms. The summed E-state index contributed by atoms with van der Waals surface area (Å²) < 4.78 is 1.66. The highest BCUT2D eigenvalue weighted by Crippen LogP contribution is 2.21. The summed E-state index contributed by atoms with van der Waals surface area (Å²) in [6.07, 6.45) is 3.93. The number of nitrogens with zero attached hydrogens (tertiary/aromatic N) is 3. The largest absolute Gasteiger partial charge is 0.409 e. The van der Waals surface area contributed by atoms with Crippen LogP contribution in [0, 0.1) is 5.41 Å². The highest BCUT2D eigenvalue weighted by molar-refractivity contribution is 6.06. The zero-order chi connectivity index (χ0) is 13.8. The van der Waals surface area contributed by atoms with Crippen molar-refractivity contribution in [3.8, 4) is 0 Å². The summed E-state index contributed by atoms with van der Waals surface area (Å²) in [5.74, 6) is -0.363. The Hall–Kier alpha value is -2.05. The molecule has 0 aliphatic carbocycles. The number of nitrogens with two attached hydrogens (primary N) is 1. The Bertz CT molecular complexity index is 454. The quantitative estimate of drug-likeness (QED) is 0.301. The number of carbonyl (C=O) groups is 1. The molecule has 1 unspecified atom stereocenters. The van der Waals surface area contributed by atoms with Crippen LogP contribution in [0.15, 0.2) is 17.5 Å². The third kappa shape index (κ3) is 2.79. The Labute approximate surface area is 106 Å². The Balaban J connectivity index is 2.69. The van der Waals surface area contributed by atoms with E-state index < -0.39 is 5.41 Å². The predicted octanol–water partition coefficient (Wildman–Crippen LogP) is 0.199. The first-order valence-corrected chi connectivity index (χ1v) is 5.68. The molecule has 4 N–H and O–H groups in total. The molecule has 0 saturated heterocycles. The number of hydrogen-bond acceptors (Lipinski definition) is 4. The van der Waals surface area contributed by atoms with Crippen LogP contribution in [0.25, 0.3) is 0 Å². The first-order valence-electron chi connectivity index (χ1n) is 5.68. The minimum Gasteiger partial charge on any atom is -0.409 e. The summed E-state index contributed by atoms with van der Waals surface area (Å²) in [7, 11) is 1.80. The Morgan fingerprint density at radius 1 is 1.72 bits per heavy atom. The van der Waals surface area contributed by atoms with Crippen molar-refractivity contribution in [1.29, 1.82) is 0 Å². The zero-order valence-electron chi connectivity index (χ0n) is 10.8. The van der Waals surface area contributed by atoms with Gasteiger partial charge < -0.3 is 16.3 Å². The Kier molecular flexibility index (Phi) is 4.30. The number of aromatic nitrogens is 2. The fourth-order valence-electron chi connectivity index (χ4n) is 1.51. The maximum absolute atomic E-state index is 12.1. The van der Waals surface area contributed by atoms with Crippen molar-refractivity contribution in [2.24, 2.45) is 23.4 Å². The highest BCUT2D eigenvalue weighted by Gasteiger charge is 2.36. The monoisotopic (exact) mass is 253 g/mol. The van der Waals surface area contributed by atoms with Crippen LogP contribution in [0.2, 0.25) is 0 Å². The number of carbonyl (C=O) groups excluding carboxylic acids is 1. The molecule has 18 heavy (non-hydrogen) atoms. The molecule has 1 amide bonds. The second-order valence-corrected chi connectivity index (χ2v) is 4.38. The van der Waals surface area contributed by atoms with Gasteiger partial charge in [-0.2, -0.15) is 5.10 Å². The van der Waals surface area contributed by atoms with Gasteiger partial charge in [0.25, 0.3) is 0 Å². The van der Waals surface area contributed by atoms with E-state index in [1.54, 1.807) is 24.9 Å². The van der Waals surface area contributed by atoms with Gasteiger partial charge in [0.05, 0.1) is 6.20 Å². The summed E-state index contributed by atoms with van der Waals surface area (Å²) in [6.45, 7) is 3.81. The van der Waals surface area contributed by atoms with Gasteiger partial charge in [0.15, 0.2) is 5.84 Å². The van der Waals surface area contributed by atoms with Gasteiger partial charge in [-0.3, -0.25) is 9.48 Å². The number of oxime groups is 1. The lowest BCUT2D eigenvalue weighted by Crippen LogP contribution is -2.47. The molecular formula is C11H19N5O2. The summed E-state index contributed by atoms with van der Waals surface area (Å²) in [5, 5.41) is 18.4. The Morgan fingerprint density at radius 2 is 2.39 bits per heavy atom. The molecule has 1 aromatic rings. The van der Waals surface area contributed by atoms with E-state index in [1.165, 1.54) is 0 Å². The van der Waals surface area contributed by atoms with Gasteiger partial charge in [0.1, 0.15) is 5.41 Å². The van der Waals surface area contributed by atoms with Gasteiger partial charge in [0, 0.05) is 25.4 Å². The predicted molar refractivity (Wildman–Crippen MR) is 66.9 cm³/mol. The summed E-state index contributed by atoms with van der Waals surface area (Å²) in [4.78, 5) is 12.1. The molecule has 1 rings (SSSR count). The molecule has 0 bridgehead atoms. The van der Waals surface area contributed by atoms with Gasteiger partial charge in [0.2, 0.25) is 5.91 Å². The molecule has 0 spiro atoms. The standard InChI is InChI=1S/C11H19N5O2/c1-4-11(2,9(12)15-18)10(17)13-5-8-6-14-16(3)7-8/h6-7,18H,4-5H2,1-3H3,(H2,12,15)(H,13,17). The second kappa shape index (κ2) is 5.52. The molecular weight excluding hydrogens is 234 g/mol. The van der Waals surface area contributed by atoms with Crippen molar-refractivity contribution in [2.45, 2.75) is 26.8 Å². The molecule has 1 heterocycles. The van der Waals surface area contributed by atoms with E-state index >= 15 is 0 Å². The van der Waals surface area contributed by atoms with Crippen LogP contribution < -0.4 is 11.1 Å². The fraction of sp³-hybridized carbons (Fsp3) is 0.545. The van der Waals surface area contributed by atoms with Crippen molar-refractivity contribution in [1.82, 2.24) is 15.1 Å². The van der Waals surface area contributed by atoms with Gasteiger partial charge >= 0.3 is 0 Å². The first-order chi connectivity index (χ1) is 8.43. The summed E-state index contributed by atoms with van der Waals surface area (Å²) >= 11 is 0. The number of rotatable bonds is 5. The molecule has 100 valence electrons. The van der Waals surface area contributed by atoms with E-state index in [0.29, 0.717) is 13.0 Å². The van der Waals surface area contributed by atoms with E-state index in [9.17, 15) is 4.79 Å². The molecule has 0 radical (unpaired) electrons. The topological polar surface area (TPSA) is 106 Å². The van der Waals surface area contributed by atoms with Crippen LogP contribution >= 0.6 is 0 Å². The van der Waals surface area contributed by atoms with Crippen LogP contribution in [0.5, 0.6) is 0 Å². The molecule has 7 nitrogen and oxygen atoms in total. The normalized spacial score (nSPS) is 15.2. The maximum atomic E-state index is 12.1. The summed E-state index contributed by atoms with van der Waals surface area (Å²) in [5.41, 5.74) is 5.45. The average molecular weight is 253 g/mol. The number of amidine groups is 1. The van der Waals surface area contributed by atoms with Crippen LogP contribution in [0.1, 0.15) is 25.8 Å². The Morgan fingerprint density at radius 3 is 2.83 bits per heavy atom. The van der Waals surface area contributed by atoms with Gasteiger partial charge in [-0.25, -0.2) is 0 Å². The van der Waals surface area contributed by atoms with Crippen molar-refractivity contribution < 1.29 is 10.0 Å². The molecule has 1 atom stereocenters. The van der Waals surface area contributed by atoms with Crippen LogP contribution in [-0.4, -0.2) is 26.7 Å². The number of hydrogen-bond donors (Lipinski definition) is 3. The SMILES string of the molecule is CCC(C)(C(=O)NCc1cnn(C)c1)C(N)=NO. The van der Waals surface area contributed by atoms with Gasteiger partial charge in [-0.15, -0.1) is 0 Å². The van der Waals surface area contributed by atoms with E-state index in [0.717, 1.165) is 5.56 Å². The highest BCUT2D eigenvalue weighted by atomic mass is 16.4. The van der Waals surface area contributed by atoms with Crippen molar-refractivity contribution in [3.63, 3.8) is 0 Å². The van der Waals surface area contributed by atoms with Crippen LogP contribution in [0.3, 0.4) is 0 Å².